The van der Waals surface area contributed by atoms with Gasteiger partial charge in [0, 0.05) is 24.3 Å². The predicted octanol–water partition coefficient (Wildman–Crippen LogP) is 13.2. The van der Waals surface area contributed by atoms with Gasteiger partial charge in [-0.15, -0.1) is 0 Å². The van der Waals surface area contributed by atoms with Crippen LogP contribution in [0.15, 0.2) is 22.3 Å². The van der Waals surface area contributed by atoms with Crippen LogP contribution in [0.4, 0.5) is 0 Å². The van der Waals surface area contributed by atoms with Crippen LogP contribution >= 0.6 is 0 Å². The van der Waals surface area contributed by atoms with Gasteiger partial charge < -0.3 is 20.2 Å². The lowest BCUT2D eigenvalue weighted by Crippen LogP contribution is -2.27. The van der Waals surface area contributed by atoms with E-state index in [1.165, 1.54) is 88.2 Å². The minimum Gasteiger partial charge on any atom is -0.478 e. The third-order valence-corrected chi connectivity index (χ3v) is 10.6. The molecule has 0 radical (unpaired) electrons. The molecule has 0 aromatic rings. The van der Waals surface area contributed by atoms with Gasteiger partial charge in [0.05, 0.1) is 0 Å². The molecule has 0 aromatic heterocycles. The third kappa shape index (κ3) is 28.5. The van der Waals surface area contributed by atoms with Crippen LogP contribution in [0.1, 0.15) is 227 Å². The Morgan fingerprint density at radius 3 is 0.941 bits per heavy atom. The summed E-state index contributed by atoms with van der Waals surface area (Å²) < 4.78 is 0. The van der Waals surface area contributed by atoms with E-state index in [1.54, 1.807) is 0 Å². The smallest absolute Gasteiger partial charge is 0.331 e. The Balaban J connectivity index is 4.84. The summed E-state index contributed by atoms with van der Waals surface area (Å²) in [5.74, 6) is -1.40. The molecule has 0 amide bonds. The van der Waals surface area contributed by atoms with Crippen LogP contribution < -0.4 is 0 Å². The number of rotatable bonds is 39. The van der Waals surface area contributed by atoms with Gasteiger partial charge in [-0.1, -0.05) is 142 Å². The van der Waals surface area contributed by atoms with Crippen LogP contribution in [-0.2, 0) is 9.59 Å². The fourth-order valence-electron chi connectivity index (χ4n) is 7.40. The standard InChI is InChI=1S/C45H85NO5/c1-5-9-13-21-30-40(31-22-14-10-6-2)42(44(48)49)34-25-17-19-27-36-46(38-29-39-47)37-28-20-18-26-35-43(45(50)51)41(32-23-15-11-7-3)33-24-16-12-8-4/h47H,5-39H2,1-4H3,(H,48,49)(H,50,51). The Hall–Kier alpha value is -1.66. The fourth-order valence-corrected chi connectivity index (χ4v) is 7.40. The summed E-state index contributed by atoms with van der Waals surface area (Å²) in [6.45, 7) is 12.0. The molecule has 0 saturated carbocycles. The van der Waals surface area contributed by atoms with E-state index in [9.17, 15) is 24.9 Å². The summed E-state index contributed by atoms with van der Waals surface area (Å²) in [7, 11) is 0. The molecule has 0 fully saturated rings. The average Bonchev–Trinajstić information content (AvgIpc) is 3.11. The quantitative estimate of drug-likeness (QED) is 0.0432. The number of carboxylic acids is 2. The second-order valence-electron chi connectivity index (χ2n) is 15.3. The van der Waals surface area contributed by atoms with E-state index in [2.05, 4.69) is 32.6 Å². The molecule has 300 valence electrons. The molecule has 0 aliphatic heterocycles. The summed E-state index contributed by atoms with van der Waals surface area (Å²) >= 11 is 0. The first kappa shape index (κ1) is 49.3. The molecular formula is C45H85NO5. The van der Waals surface area contributed by atoms with Gasteiger partial charge >= 0.3 is 11.9 Å². The van der Waals surface area contributed by atoms with E-state index in [4.69, 9.17) is 0 Å². The van der Waals surface area contributed by atoms with E-state index in [-0.39, 0.29) is 6.61 Å². The van der Waals surface area contributed by atoms with Crippen LogP contribution in [0.3, 0.4) is 0 Å². The predicted molar refractivity (Wildman–Crippen MR) is 219 cm³/mol. The number of carboxylic acid groups (broad SMARTS) is 2. The van der Waals surface area contributed by atoms with Crippen molar-refractivity contribution < 1.29 is 24.9 Å². The number of hydrogen-bond donors (Lipinski definition) is 3. The zero-order chi connectivity index (χ0) is 37.8. The molecule has 0 unspecified atom stereocenters. The zero-order valence-electron chi connectivity index (χ0n) is 34.4. The van der Waals surface area contributed by atoms with E-state index >= 15 is 0 Å². The number of aliphatic hydroxyl groups is 1. The molecule has 0 aliphatic carbocycles. The molecule has 51 heavy (non-hydrogen) atoms. The van der Waals surface area contributed by atoms with Gasteiger partial charge in [0.2, 0.25) is 0 Å². The van der Waals surface area contributed by atoms with Gasteiger partial charge in [0.25, 0.3) is 0 Å². The number of unbranched alkanes of at least 4 members (excludes halogenated alkanes) is 18. The maximum absolute atomic E-state index is 12.3. The number of aliphatic carboxylic acids is 2. The van der Waals surface area contributed by atoms with Crippen molar-refractivity contribution in [3.8, 4) is 0 Å². The van der Waals surface area contributed by atoms with Crippen LogP contribution in [-0.4, -0.2) is 58.4 Å². The van der Waals surface area contributed by atoms with E-state index in [1.807, 2.05) is 0 Å². The SMILES string of the molecule is CCCCCCC(CCCCCC)=C(CCCCCCN(CCCO)CCCCCCC(C(=O)O)=C(CCCCCC)CCCCCC)C(=O)O. The molecule has 0 aromatic carbocycles. The molecule has 0 rings (SSSR count). The number of carbonyl (C=O) groups is 2. The molecule has 6 nitrogen and oxygen atoms in total. The van der Waals surface area contributed by atoms with Crippen molar-refractivity contribution in [2.75, 3.05) is 26.2 Å². The summed E-state index contributed by atoms with van der Waals surface area (Å²) in [6, 6.07) is 0. The molecule has 0 atom stereocenters. The van der Waals surface area contributed by atoms with Crippen LogP contribution in [0, 0.1) is 0 Å². The largest absolute Gasteiger partial charge is 0.478 e. The van der Waals surface area contributed by atoms with Crippen molar-refractivity contribution in [3.05, 3.63) is 22.3 Å². The molecule has 0 spiro atoms. The average molecular weight is 720 g/mol. The van der Waals surface area contributed by atoms with Crippen molar-refractivity contribution in [2.24, 2.45) is 0 Å². The minimum absolute atomic E-state index is 0.212. The number of allylic oxidation sites excluding steroid dienone is 2. The Morgan fingerprint density at radius 2 is 0.647 bits per heavy atom. The summed E-state index contributed by atoms with van der Waals surface area (Å²) in [5, 5.41) is 29.7. The van der Waals surface area contributed by atoms with Gasteiger partial charge in [-0.2, -0.15) is 0 Å². The number of aliphatic hydroxyl groups excluding tert-OH is 1. The second kappa shape index (κ2) is 36.7. The van der Waals surface area contributed by atoms with Crippen molar-refractivity contribution in [1.29, 1.82) is 0 Å². The first-order valence-corrected chi connectivity index (χ1v) is 22.1. The Morgan fingerprint density at radius 1 is 0.373 bits per heavy atom. The minimum atomic E-state index is -0.702. The number of hydrogen-bond acceptors (Lipinski definition) is 4. The summed E-state index contributed by atoms with van der Waals surface area (Å²) in [4.78, 5) is 27.1. The van der Waals surface area contributed by atoms with E-state index < -0.39 is 11.9 Å². The highest BCUT2D eigenvalue weighted by Crippen LogP contribution is 2.26. The Bertz CT molecular complexity index is 799. The highest BCUT2D eigenvalue weighted by molar-refractivity contribution is 5.88. The summed E-state index contributed by atoms with van der Waals surface area (Å²) in [6.07, 6.45) is 33.3. The van der Waals surface area contributed by atoms with Gasteiger partial charge in [-0.3, -0.25) is 0 Å². The van der Waals surface area contributed by atoms with Gasteiger partial charge in [-0.25, -0.2) is 9.59 Å². The van der Waals surface area contributed by atoms with Crippen LogP contribution in [0.5, 0.6) is 0 Å². The lowest BCUT2D eigenvalue weighted by molar-refractivity contribution is -0.133. The van der Waals surface area contributed by atoms with E-state index in [0.717, 1.165) is 129 Å². The third-order valence-electron chi connectivity index (χ3n) is 10.6. The topological polar surface area (TPSA) is 98.1 Å². The normalized spacial score (nSPS) is 11.3. The Labute approximate surface area is 316 Å². The zero-order valence-corrected chi connectivity index (χ0v) is 34.4. The molecule has 6 heteroatoms. The lowest BCUT2D eigenvalue weighted by Gasteiger charge is -2.22. The monoisotopic (exact) mass is 720 g/mol. The lowest BCUT2D eigenvalue weighted by atomic mass is 9.92. The summed E-state index contributed by atoms with van der Waals surface area (Å²) in [5.41, 5.74) is 3.83. The van der Waals surface area contributed by atoms with Gasteiger partial charge in [-0.05, 0) is 109 Å². The highest BCUT2D eigenvalue weighted by Gasteiger charge is 2.16. The number of nitrogens with zero attached hydrogens (tertiary/aromatic N) is 1. The second-order valence-corrected chi connectivity index (χ2v) is 15.3. The fraction of sp³-hybridized carbons (Fsp3) is 0.867. The van der Waals surface area contributed by atoms with Gasteiger partial charge in [0.15, 0.2) is 0 Å². The molecule has 0 heterocycles. The van der Waals surface area contributed by atoms with Crippen LogP contribution in [0.25, 0.3) is 0 Å². The molecule has 0 saturated heterocycles. The highest BCUT2D eigenvalue weighted by atomic mass is 16.4. The van der Waals surface area contributed by atoms with Crippen molar-refractivity contribution in [1.82, 2.24) is 4.90 Å². The first-order chi connectivity index (χ1) is 24.9. The van der Waals surface area contributed by atoms with Crippen molar-refractivity contribution in [2.45, 2.75) is 227 Å². The van der Waals surface area contributed by atoms with Crippen molar-refractivity contribution in [3.63, 3.8) is 0 Å². The maximum atomic E-state index is 12.3. The van der Waals surface area contributed by atoms with E-state index in [0.29, 0.717) is 24.0 Å². The maximum Gasteiger partial charge on any atom is 0.331 e. The molecule has 0 bridgehead atoms. The van der Waals surface area contributed by atoms with Crippen molar-refractivity contribution >= 4 is 11.9 Å². The Kier molecular flexibility index (Phi) is 35.5. The molecular weight excluding hydrogens is 634 g/mol. The first-order valence-electron chi connectivity index (χ1n) is 22.1. The molecule has 0 aliphatic rings. The molecule has 3 N–H and O–H groups in total. The van der Waals surface area contributed by atoms with Gasteiger partial charge in [0.1, 0.15) is 0 Å². The van der Waals surface area contributed by atoms with Crippen LogP contribution in [0.2, 0.25) is 0 Å².